The average Bonchev–Trinajstić information content (AvgIpc) is 3.04. The maximum Gasteiger partial charge on any atom is 0.311 e. The summed E-state index contributed by atoms with van der Waals surface area (Å²) in [5.74, 6) is -0.343. The van der Waals surface area contributed by atoms with Gasteiger partial charge in [-0.25, -0.2) is 4.68 Å². The Morgan fingerprint density at radius 1 is 1.29 bits per heavy atom. The molecule has 1 aliphatic carbocycles. The van der Waals surface area contributed by atoms with Gasteiger partial charge < -0.3 is 4.74 Å². The Morgan fingerprint density at radius 3 is 2.62 bits per heavy atom. The molecule has 0 spiro atoms. The molecular formula is C16H18N2O3. The second-order valence-corrected chi connectivity index (χ2v) is 5.43. The van der Waals surface area contributed by atoms with Crippen LogP contribution in [-0.2, 0) is 16.0 Å². The third-order valence-corrected chi connectivity index (χ3v) is 4.11. The standard InChI is InChI=1S/C16H18N2O3/c1-21-15(19)10-14-12-8-4-5-9-13(12)16(20)18(17-14)11-6-2-3-7-11/h4-5,8-9,11H,2-3,6-7,10H2,1H3. The van der Waals surface area contributed by atoms with Crippen molar-refractivity contribution in [3.05, 3.63) is 40.3 Å². The van der Waals surface area contributed by atoms with E-state index in [2.05, 4.69) is 5.10 Å². The van der Waals surface area contributed by atoms with Gasteiger partial charge in [0.2, 0.25) is 0 Å². The molecule has 0 unspecified atom stereocenters. The molecule has 1 heterocycles. The molecule has 21 heavy (non-hydrogen) atoms. The molecule has 0 N–H and O–H groups in total. The summed E-state index contributed by atoms with van der Waals surface area (Å²) in [6.07, 6.45) is 4.28. The van der Waals surface area contributed by atoms with E-state index in [1.807, 2.05) is 18.2 Å². The quantitative estimate of drug-likeness (QED) is 0.812. The number of carbonyl (C=O) groups excluding carboxylic acids is 1. The van der Waals surface area contributed by atoms with Crippen molar-refractivity contribution in [1.29, 1.82) is 0 Å². The first-order valence-electron chi connectivity index (χ1n) is 7.28. The zero-order chi connectivity index (χ0) is 14.8. The predicted molar refractivity (Wildman–Crippen MR) is 79.2 cm³/mol. The smallest absolute Gasteiger partial charge is 0.311 e. The van der Waals surface area contributed by atoms with E-state index in [0.29, 0.717) is 11.1 Å². The van der Waals surface area contributed by atoms with E-state index in [1.54, 1.807) is 10.7 Å². The Balaban J connectivity index is 2.17. The van der Waals surface area contributed by atoms with E-state index in [-0.39, 0.29) is 24.0 Å². The van der Waals surface area contributed by atoms with Gasteiger partial charge in [0.05, 0.1) is 30.7 Å². The molecular weight excluding hydrogens is 268 g/mol. The van der Waals surface area contributed by atoms with Crippen molar-refractivity contribution in [3.8, 4) is 0 Å². The van der Waals surface area contributed by atoms with Crippen LogP contribution in [0.3, 0.4) is 0 Å². The van der Waals surface area contributed by atoms with Crippen LogP contribution in [0, 0.1) is 0 Å². The van der Waals surface area contributed by atoms with Crippen LogP contribution in [0.25, 0.3) is 10.8 Å². The highest BCUT2D eigenvalue weighted by Gasteiger charge is 2.22. The molecule has 1 aromatic heterocycles. The highest BCUT2D eigenvalue weighted by atomic mass is 16.5. The molecule has 0 atom stereocenters. The van der Waals surface area contributed by atoms with Crippen LogP contribution in [-0.4, -0.2) is 22.9 Å². The molecule has 1 fully saturated rings. The van der Waals surface area contributed by atoms with Gasteiger partial charge in [0, 0.05) is 5.39 Å². The lowest BCUT2D eigenvalue weighted by molar-refractivity contribution is -0.139. The van der Waals surface area contributed by atoms with E-state index in [1.165, 1.54) is 7.11 Å². The van der Waals surface area contributed by atoms with Crippen molar-refractivity contribution in [2.75, 3.05) is 7.11 Å². The summed E-state index contributed by atoms with van der Waals surface area (Å²) in [4.78, 5) is 24.2. The van der Waals surface area contributed by atoms with Crippen LogP contribution in [0.15, 0.2) is 29.1 Å². The van der Waals surface area contributed by atoms with Crippen LogP contribution in [0.5, 0.6) is 0 Å². The molecule has 5 nitrogen and oxygen atoms in total. The minimum atomic E-state index is -0.343. The van der Waals surface area contributed by atoms with Crippen molar-refractivity contribution in [2.45, 2.75) is 38.1 Å². The highest BCUT2D eigenvalue weighted by Crippen LogP contribution is 2.28. The Hall–Kier alpha value is -2.17. The van der Waals surface area contributed by atoms with Gasteiger partial charge in [-0.05, 0) is 18.9 Å². The molecule has 5 heteroatoms. The SMILES string of the molecule is COC(=O)Cc1nn(C2CCCC2)c(=O)c2ccccc12. The first-order valence-corrected chi connectivity index (χ1v) is 7.28. The summed E-state index contributed by atoms with van der Waals surface area (Å²) in [5, 5.41) is 5.84. The number of nitrogens with zero attached hydrogens (tertiary/aromatic N) is 2. The largest absolute Gasteiger partial charge is 0.469 e. The van der Waals surface area contributed by atoms with Crippen LogP contribution in [0.2, 0.25) is 0 Å². The van der Waals surface area contributed by atoms with Gasteiger partial charge in [-0.2, -0.15) is 5.10 Å². The fourth-order valence-electron chi connectivity index (χ4n) is 3.01. The monoisotopic (exact) mass is 286 g/mol. The first-order chi connectivity index (χ1) is 10.2. The fraction of sp³-hybridized carbons (Fsp3) is 0.438. The van der Waals surface area contributed by atoms with E-state index in [0.717, 1.165) is 31.1 Å². The van der Waals surface area contributed by atoms with Gasteiger partial charge in [0.1, 0.15) is 0 Å². The normalized spacial score (nSPS) is 15.5. The molecule has 1 saturated carbocycles. The average molecular weight is 286 g/mol. The zero-order valence-electron chi connectivity index (χ0n) is 12.0. The summed E-state index contributed by atoms with van der Waals surface area (Å²) < 4.78 is 6.31. The lowest BCUT2D eigenvalue weighted by Gasteiger charge is -2.15. The number of hydrogen-bond donors (Lipinski definition) is 0. The van der Waals surface area contributed by atoms with Crippen molar-refractivity contribution in [3.63, 3.8) is 0 Å². The number of rotatable bonds is 3. The second kappa shape index (κ2) is 5.68. The Bertz CT molecular complexity index is 730. The third-order valence-electron chi connectivity index (χ3n) is 4.11. The summed E-state index contributed by atoms with van der Waals surface area (Å²) >= 11 is 0. The Morgan fingerprint density at radius 2 is 1.95 bits per heavy atom. The number of fused-ring (bicyclic) bond motifs is 1. The number of benzene rings is 1. The molecule has 0 radical (unpaired) electrons. The van der Waals surface area contributed by atoms with E-state index in [9.17, 15) is 9.59 Å². The summed E-state index contributed by atoms with van der Waals surface area (Å²) in [5.41, 5.74) is 0.551. The molecule has 2 aromatic rings. The van der Waals surface area contributed by atoms with Crippen LogP contribution in [0.4, 0.5) is 0 Å². The number of ether oxygens (including phenoxy) is 1. The van der Waals surface area contributed by atoms with Gasteiger partial charge >= 0.3 is 5.97 Å². The zero-order valence-corrected chi connectivity index (χ0v) is 12.0. The van der Waals surface area contributed by atoms with Gasteiger partial charge in [0.15, 0.2) is 0 Å². The van der Waals surface area contributed by atoms with Crippen LogP contribution in [0.1, 0.15) is 37.4 Å². The van der Waals surface area contributed by atoms with Crippen molar-refractivity contribution in [2.24, 2.45) is 0 Å². The minimum Gasteiger partial charge on any atom is -0.469 e. The number of hydrogen-bond acceptors (Lipinski definition) is 4. The molecule has 3 rings (SSSR count). The second-order valence-electron chi connectivity index (χ2n) is 5.43. The van der Waals surface area contributed by atoms with Gasteiger partial charge in [-0.3, -0.25) is 9.59 Å². The van der Waals surface area contributed by atoms with Crippen molar-refractivity contribution < 1.29 is 9.53 Å². The number of esters is 1. The fourth-order valence-corrected chi connectivity index (χ4v) is 3.01. The van der Waals surface area contributed by atoms with Gasteiger partial charge in [-0.15, -0.1) is 0 Å². The number of carbonyl (C=O) groups is 1. The molecule has 1 aromatic carbocycles. The molecule has 110 valence electrons. The summed E-state index contributed by atoms with van der Waals surface area (Å²) in [6.45, 7) is 0. The topological polar surface area (TPSA) is 61.2 Å². The molecule has 0 bridgehead atoms. The summed E-state index contributed by atoms with van der Waals surface area (Å²) in [7, 11) is 1.36. The van der Waals surface area contributed by atoms with Gasteiger partial charge in [0.25, 0.3) is 5.56 Å². The molecule has 1 aliphatic rings. The highest BCUT2D eigenvalue weighted by molar-refractivity contribution is 5.86. The lowest BCUT2D eigenvalue weighted by atomic mass is 10.1. The van der Waals surface area contributed by atoms with Gasteiger partial charge in [-0.1, -0.05) is 31.0 Å². The van der Waals surface area contributed by atoms with Crippen LogP contribution >= 0.6 is 0 Å². The minimum absolute atomic E-state index is 0.0638. The lowest BCUT2D eigenvalue weighted by Crippen LogP contribution is -2.28. The third kappa shape index (κ3) is 2.55. The number of methoxy groups -OCH3 is 1. The maximum atomic E-state index is 12.6. The predicted octanol–water partition coefficient (Wildman–Crippen LogP) is 2.23. The van der Waals surface area contributed by atoms with Crippen LogP contribution < -0.4 is 5.56 Å². The maximum absolute atomic E-state index is 12.6. The van der Waals surface area contributed by atoms with Crippen molar-refractivity contribution >= 4 is 16.7 Å². The van der Waals surface area contributed by atoms with E-state index >= 15 is 0 Å². The Kier molecular flexibility index (Phi) is 3.73. The van der Waals surface area contributed by atoms with E-state index in [4.69, 9.17) is 4.74 Å². The molecule has 0 saturated heterocycles. The van der Waals surface area contributed by atoms with E-state index < -0.39 is 0 Å². The summed E-state index contributed by atoms with van der Waals surface area (Å²) in [6, 6.07) is 7.47. The number of aromatic nitrogens is 2. The first kappa shape index (κ1) is 13.8. The molecule has 0 aliphatic heterocycles. The Labute approximate surface area is 122 Å². The molecule has 0 amide bonds. The van der Waals surface area contributed by atoms with Crippen molar-refractivity contribution in [1.82, 2.24) is 9.78 Å².